The normalized spacial score (nSPS) is 11.3. The highest BCUT2D eigenvalue weighted by Gasteiger charge is 2.15. The van der Waals surface area contributed by atoms with Gasteiger partial charge in [-0.05, 0) is 35.3 Å². The van der Waals surface area contributed by atoms with Crippen molar-refractivity contribution in [2.45, 2.75) is 26.2 Å². The summed E-state index contributed by atoms with van der Waals surface area (Å²) >= 11 is 0. The van der Waals surface area contributed by atoms with Crippen molar-refractivity contribution < 1.29 is 23.5 Å². The molecule has 5 nitrogen and oxygen atoms in total. The van der Waals surface area contributed by atoms with Crippen LogP contribution in [0.3, 0.4) is 0 Å². The van der Waals surface area contributed by atoms with Gasteiger partial charge in [-0.25, -0.2) is 9.18 Å². The zero-order valence-corrected chi connectivity index (χ0v) is 16.0. The molecule has 0 radical (unpaired) electrons. The molecule has 0 spiro atoms. The van der Waals surface area contributed by atoms with Crippen LogP contribution in [0, 0.1) is 5.82 Å². The van der Waals surface area contributed by atoms with E-state index in [1.165, 1.54) is 24.3 Å². The summed E-state index contributed by atoms with van der Waals surface area (Å²) in [5.41, 5.74) is 1.56. The third-order valence-corrected chi connectivity index (χ3v) is 3.92. The number of esters is 1. The summed E-state index contributed by atoms with van der Waals surface area (Å²) < 4.78 is 18.2. The van der Waals surface area contributed by atoms with Crippen molar-refractivity contribution in [1.29, 1.82) is 0 Å². The van der Waals surface area contributed by atoms with Crippen LogP contribution in [0.25, 0.3) is 6.08 Å². The highest BCUT2D eigenvalue weighted by Crippen LogP contribution is 2.22. The van der Waals surface area contributed by atoms with Gasteiger partial charge in [0, 0.05) is 17.2 Å². The van der Waals surface area contributed by atoms with Crippen molar-refractivity contribution in [3.05, 3.63) is 77.1 Å². The lowest BCUT2D eigenvalue weighted by molar-refractivity contribution is -0.143. The lowest BCUT2D eigenvalue weighted by Crippen LogP contribution is -2.34. The van der Waals surface area contributed by atoms with Gasteiger partial charge in [-0.2, -0.15) is 0 Å². The van der Waals surface area contributed by atoms with E-state index in [4.69, 9.17) is 4.74 Å². The average Bonchev–Trinajstić information content (AvgIpc) is 2.65. The van der Waals surface area contributed by atoms with Crippen LogP contribution < -0.4 is 5.32 Å². The van der Waals surface area contributed by atoms with Crippen molar-refractivity contribution in [3.8, 4) is 0 Å². The van der Waals surface area contributed by atoms with Gasteiger partial charge >= 0.3 is 5.97 Å². The number of ether oxygens (including phenoxy) is 1. The van der Waals surface area contributed by atoms with Crippen LogP contribution >= 0.6 is 0 Å². The Balaban J connectivity index is 1.84. The molecule has 0 aliphatic heterocycles. The monoisotopic (exact) mass is 383 g/mol. The number of hydrogen-bond donors (Lipinski definition) is 1. The van der Waals surface area contributed by atoms with Gasteiger partial charge in [0.25, 0.3) is 11.8 Å². The molecule has 2 rings (SSSR count). The molecule has 0 saturated heterocycles. The molecule has 0 aromatic heterocycles. The first kappa shape index (κ1) is 21.0. The summed E-state index contributed by atoms with van der Waals surface area (Å²) in [4.78, 5) is 35.5. The molecular formula is C22H22FNO4. The van der Waals surface area contributed by atoms with E-state index in [-0.39, 0.29) is 11.0 Å². The fraction of sp³-hybridized carbons (Fsp3) is 0.227. The molecule has 0 unspecified atom stereocenters. The molecule has 28 heavy (non-hydrogen) atoms. The third kappa shape index (κ3) is 6.16. The standard InChI is InChI=1S/C22H22FNO4/c1-22(2,3)17-11-8-16(9-12-17)21(27)24-19(25)14-28-20(26)13-10-15-6-4-5-7-18(15)23/h4-13H,14H2,1-3H3,(H,24,25,27)/b13-10+. The minimum atomic E-state index is -0.819. The van der Waals surface area contributed by atoms with Crippen LogP contribution in [0.1, 0.15) is 42.3 Å². The summed E-state index contributed by atoms with van der Waals surface area (Å²) in [6, 6.07) is 12.8. The first-order chi connectivity index (χ1) is 13.2. The minimum absolute atomic E-state index is 0.0464. The Morgan fingerprint density at radius 3 is 2.29 bits per heavy atom. The molecule has 2 amide bonds. The second-order valence-corrected chi connectivity index (χ2v) is 7.17. The van der Waals surface area contributed by atoms with Crippen LogP contribution in [0.15, 0.2) is 54.6 Å². The van der Waals surface area contributed by atoms with Gasteiger partial charge < -0.3 is 4.74 Å². The van der Waals surface area contributed by atoms with Crippen LogP contribution in [-0.4, -0.2) is 24.4 Å². The van der Waals surface area contributed by atoms with Crippen molar-refractivity contribution in [2.24, 2.45) is 0 Å². The zero-order chi connectivity index (χ0) is 20.7. The second kappa shape index (κ2) is 9.08. The van der Waals surface area contributed by atoms with Crippen LogP contribution in [-0.2, 0) is 19.7 Å². The predicted molar refractivity (Wildman–Crippen MR) is 104 cm³/mol. The minimum Gasteiger partial charge on any atom is -0.452 e. The molecule has 0 aliphatic rings. The maximum atomic E-state index is 13.4. The second-order valence-electron chi connectivity index (χ2n) is 7.17. The van der Waals surface area contributed by atoms with Crippen molar-refractivity contribution in [3.63, 3.8) is 0 Å². The fourth-order valence-corrected chi connectivity index (χ4v) is 2.31. The van der Waals surface area contributed by atoms with E-state index in [1.54, 1.807) is 18.2 Å². The Labute approximate surface area is 163 Å². The van der Waals surface area contributed by atoms with Gasteiger partial charge in [0.2, 0.25) is 0 Å². The number of benzene rings is 2. The van der Waals surface area contributed by atoms with E-state index >= 15 is 0 Å². The summed E-state index contributed by atoms with van der Waals surface area (Å²) in [6.45, 7) is 5.55. The van der Waals surface area contributed by atoms with E-state index in [9.17, 15) is 18.8 Å². The van der Waals surface area contributed by atoms with Crippen molar-refractivity contribution >= 4 is 23.9 Å². The maximum Gasteiger partial charge on any atom is 0.331 e. The number of halogens is 1. The Morgan fingerprint density at radius 2 is 1.68 bits per heavy atom. The van der Waals surface area contributed by atoms with Gasteiger partial charge in [0.1, 0.15) is 5.82 Å². The summed E-state index contributed by atoms with van der Waals surface area (Å²) in [5, 5.41) is 2.15. The smallest absolute Gasteiger partial charge is 0.331 e. The zero-order valence-electron chi connectivity index (χ0n) is 16.0. The average molecular weight is 383 g/mol. The molecule has 0 bridgehead atoms. The fourth-order valence-electron chi connectivity index (χ4n) is 2.31. The predicted octanol–water partition coefficient (Wildman–Crippen LogP) is 3.64. The van der Waals surface area contributed by atoms with Crippen molar-refractivity contribution in [1.82, 2.24) is 5.32 Å². The number of imide groups is 1. The SMILES string of the molecule is CC(C)(C)c1ccc(C(=O)NC(=O)COC(=O)/C=C/c2ccccc2F)cc1. The van der Waals surface area contributed by atoms with Crippen LogP contribution in [0.2, 0.25) is 0 Å². The molecule has 0 heterocycles. The first-order valence-electron chi connectivity index (χ1n) is 8.71. The van der Waals surface area contributed by atoms with Gasteiger partial charge in [-0.1, -0.05) is 51.1 Å². The first-order valence-corrected chi connectivity index (χ1v) is 8.71. The highest BCUT2D eigenvalue weighted by atomic mass is 19.1. The Morgan fingerprint density at radius 1 is 1.04 bits per heavy atom. The van der Waals surface area contributed by atoms with E-state index in [1.807, 2.05) is 12.1 Å². The van der Waals surface area contributed by atoms with E-state index in [2.05, 4.69) is 26.1 Å². The van der Waals surface area contributed by atoms with Crippen LogP contribution in [0.4, 0.5) is 4.39 Å². The number of carbonyl (C=O) groups excluding carboxylic acids is 3. The summed E-state index contributed by atoms with van der Waals surface area (Å²) in [6.07, 6.45) is 2.26. The topological polar surface area (TPSA) is 72.5 Å². The molecule has 0 atom stereocenters. The lowest BCUT2D eigenvalue weighted by atomic mass is 9.87. The van der Waals surface area contributed by atoms with Gasteiger partial charge in [0.15, 0.2) is 6.61 Å². The Hall–Kier alpha value is -3.28. The number of rotatable bonds is 5. The van der Waals surface area contributed by atoms with Gasteiger partial charge in [0.05, 0.1) is 0 Å². The molecular weight excluding hydrogens is 361 g/mol. The molecule has 2 aromatic rings. The van der Waals surface area contributed by atoms with Crippen molar-refractivity contribution in [2.75, 3.05) is 6.61 Å². The summed E-state index contributed by atoms with van der Waals surface area (Å²) in [5.74, 6) is -2.63. The third-order valence-electron chi connectivity index (χ3n) is 3.92. The number of nitrogens with one attached hydrogen (secondary N) is 1. The number of hydrogen-bond acceptors (Lipinski definition) is 4. The quantitative estimate of drug-likeness (QED) is 0.632. The summed E-state index contributed by atoms with van der Waals surface area (Å²) in [7, 11) is 0. The number of amides is 2. The highest BCUT2D eigenvalue weighted by molar-refractivity contribution is 6.05. The van der Waals surface area contributed by atoms with Gasteiger partial charge in [-0.15, -0.1) is 0 Å². The number of carbonyl (C=O) groups is 3. The lowest BCUT2D eigenvalue weighted by Gasteiger charge is -2.18. The molecule has 0 aliphatic carbocycles. The molecule has 0 fully saturated rings. The van der Waals surface area contributed by atoms with Gasteiger partial charge in [-0.3, -0.25) is 14.9 Å². The molecule has 6 heteroatoms. The molecule has 1 N–H and O–H groups in total. The van der Waals surface area contributed by atoms with E-state index < -0.39 is 30.2 Å². The molecule has 2 aromatic carbocycles. The Kier molecular flexibility index (Phi) is 6.82. The molecule has 0 saturated carbocycles. The van der Waals surface area contributed by atoms with E-state index in [0.29, 0.717) is 5.56 Å². The Bertz CT molecular complexity index is 895. The van der Waals surface area contributed by atoms with E-state index in [0.717, 1.165) is 11.6 Å². The maximum absolute atomic E-state index is 13.4. The van der Waals surface area contributed by atoms with Crippen LogP contribution in [0.5, 0.6) is 0 Å². The largest absolute Gasteiger partial charge is 0.452 e. The molecule has 146 valence electrons.